The summed E-state index contributed by atoms with van der Waals surface area (Å²) in [4.78, 5) is 35.2. The summed E-state index contributed by atoms with van der Waals surface area (Å²) in [6.45, 7) is 2.03. The zero-order chi connectivity index (χ0) is 15.4. The van der Waals surface area contributed by atoms with Crippen molar-refractivity contribution in [2.45, 2.75) is 13.3 Å². The Kier molecular flexibility index (Phi) is 4.27. The van der Waals surface area contributed by atoms with Gasteiger partial charge >= 0.3 is 0 Å². The van der Waals surface area contributed by atoms with Gasteiger partial charge in [-0.05, 0) is 25.0 Å². The summed E-state index contributed by atoms with van der Waals surface area (Å²) in [5.41, 5.74) is 1.05. The van der Waals surface area contributed by atoms with Gasteiger partial charge in [0.1, 0.15) is 0 Å². The van der Waals surface area contributed by atoms with E-state index in [0.717, 1.165) is 0 Å². The molecule has 0 aromatic heterocycles. The second-order valence-corrected chi connectivity index (χ2v) is 4.66. The van der Waals surface area contributed by atoms with Gasteiger partial charge in [0, 0.05) is 30.3 Å². The van der Waals surface area contributed by atoms with Crippen LogP contribution in [0.2, 0.25) is 0 Å². The van der Waals surface area contributed by atoms with Crippen molar-refractivity contribution in [3.63, 3.8) is 0 Å². The zero-order valence-corrected chi connectivity index (χ0v) is 11.5. The van der Waals surface area contributed by atoms with Gasteiger partial charge in [0.2, 0.25) is 0 Å². The number of hydrogen-bond donors (Lipinski definition) is 0. The van der Waals surface area contributed by atoms with Crippen LogP contribution in [0.4, 0.5) is 5.69 Å². The van der Waals surface area contributed by atoms with E-state index < -0.39 is 10.8 Å². The number of rotatable bonds is 3. The maximum atomic E-state index is 12.0. The summed E-state index contributed by atoms with van der Waals surface area (Å²) in [6.07, 6.45) is 5.18. The Bertz CT molecular complexity index is 661. The van der Waals surface area contributed by atoms with Crippen LogP contribution in [0, 0.1) is 10.1 Å². The lowest BCUT2D eigenvalue weighted by atomic mass is 10.1. The van der Waals surface area contributed by atoms with E-state index in [1.807, 2.05) is 0 Å². The Balaban J connectivity index is 2.12. The number of benzene rings is 1. The molecule has 108 valence electrons. The minimum absolute atomic E-state index is 0.0441. The molecule has 6 nitrogen and oxygen atoms in total. The molecule has 0 fully saturated rings. The fourth-order valence-corrected chi connectivity index (χ4v) is 2.02. The SMILES string of the molecule is CC1=CCCN(C(=O)/C=C/c2cccc([N+](=O)[O-])c2)C1=O. The van der Waals surface area contributed by atoms with E-state index in [1.165, 1.54) is 29.2 Å². The summed E-state index contributed by atoms with van der Waals surface area (Å²) < 4.78 is 0. The van der Waals surface area contributed by atoms with E-state index >= 15 is 0 Å². The number of hydrogen-bond acceptors (Lipinski definition) is 4. The maximum absolute atomic E-state index is 12.0. The van der Waals surface area contributed by atoms with Crippen LogP contribution < -0.4 is 0 Å². The Morgan fingerprint density at radius 2 is 2.19 bits per heavy atom. The summed E-state index contributed by atoms with van der Waals surface area (Å²) in [5.74, 6) is -0.714. The minimum atomic E-state index is -0.499. The van der Waals surface area contributed by atoms with Crippen LogP contribution in [-0.2, 0) is 9.59 Å². The molecule has 0 atom stereocenters. The average molecular weight is 286 g/mol. The normalized spacial score (nSPS) is 15.2. The topological polar surface area (TPSA) is 80.5 Å². The van der Waals surface area contributed by atoms with Crippen molar-refractivity contribution in [2.24, 2.45) is 0 Å². The molecule has 1 aliphatic rings. The Morgan fingerprint density at radius 1 is 1.43 bits per heavy atom. The number of nitro benzene ring substituents is 1. The van der Waals surface area contributed by atoms with Gasteiger partial charge in [0.15, 0.2) is 0 Å². The predicted molar refractivity (Wildman–Crippen MR) is 77.2 cm³/mol. The van der Waals surface area contributed by atoms with Crippen molar-refractivity contribution in [3.05, 3.63) is 57.7 Å². The third-order valence-electron chi connectivity index (χ3n) is 3.15. The lowest BCUT2D eigenvalue weighted by Gasteiger charge is -2.22. The second kappa shape index (κ2) is 6.13. The smallest absolute Gasteiger partial charge is 0.270 e. The first-order chi connectivity index (χ1) is 9.99. The Labute approximate surface area is 121 Å². The Hall–Kier alpha value is -2.76. The van der Waals surface area contributed by atoms with Crippen molar-refractivity contribution in [1.29, 1.82) is 0 Å². The van der Waals surface area contributed by atoms with E-state index in [0.29, 0.717) is 24.1 Å². The van der Waals surface area contributed by atoms with E-state index in [9.17, 15) is 19.7 Å². The van der Waals surface area contributed by atoms with Crippen LogP contribution >= 0.6 is 0 Å². The van der Waals surface area contributed by atoms with Crippen LogP contribution in [0.15, 0.2) is 42.0 Å². The minimum Gasteiger partial charge on any atom is -0.275 e. The molecule has 6 heteroatoms. The molecule has 0 radical (unpaired) electrons. The molecule has 1 aromatic rings. The molecular weight excluding hydrogens is 272 g/mol. The molecule has 0 saturated heterocycles. The van der Waals surface area contributed by atoms with Gasteiger partial charge in [-0.15, -0.1) is 0 Å². The van der Waals surface area contributed by atoms with Crippen molar-refractivity contribution >= 4 is 23.6 Å². The van der Waals surface area contributed by atoms with Crippen molar-refractivity contribution in [3.8, 4) is 0 Å². The fraction of sp³-hybridized carbons (Fsp3) is 0.200. The van der Waals surface area contributed by atoms with Gasteiger partial charge in [-0.1, -0.05) is 18.2 Å². The zero-order valence-electron chi connectivity index (χ0n) is 11.5. The molecule has 0 unspecified atom stereocenters. The van der Waals surface area contributed by atoms with Crippen LogP contribution in [0.3, 0.4) is 0 Å². The highest BCUT2D eigenvalue weighted by molar-refractivity contribution is 6.09. The molecule has 2 amide bonds. The summed E-state index contributed by atoms with van der Waals surface area (Å²) in [5, 5.41) is 10.7. The Morgan fingerprint density at radius 3 is 2.90 bits per heavy atom. The number of non-ortho nitro benzene ring substituents is 1. The van der Waals surface area contributed by atoms with Gasteiger partial charge in [-0.25, -0.2) is 0 Å². The molecular formula is C15H14N2O4. The van der Waals surface area contributed by atoms with Gasteiger partial charge in [0.25, 0.3) is 17.5 Å². The van der Waals surface area contributed by atoms with E-state index in [1.54, 1.807) is 25.1 Å². The molecule has 0 saturated carbocycles. The molecule has 1 aromatic carbocycles. The van der Waals surface area contributed by atoms with Crippen LogP contribution in [-0.4, -0.2) is 28.2 Å². The lowest BCUT2D eigenvalue weighted by molar-refractivity contribution is -0.384. The standard InChI is InChI=1S/C15H14N2O4/c1-11-4-3-9-16(15(11)19)14(18)8-7-12-5-2-6-13(10-12)17(20)21/h2,4-8,10H,3,9H2,1H3/b8-7+. The molecule has 0 N–H and O–H groups in total. The first-order valence-electron chi connectivity index (χ1n) is 6.44. The first-order valence-corrected chi connectivity index (χ1v) is 6.44. The van der Waals surface area contributed by atoms with Crippen molar-refractivity contribution in [1.82, 2.24) is 4.90 Å². The summed E-state index contributed by atoms with van der Waals surface area (Å²) in [7, 11) is 0. The maximum Gasteiger partial charge on any atom is 0.270 e. The van der Waals surface area contributed by atoms with Crippen molar-refractivity contribution < 1.29 is 14.5 Å². The highest BCUT2D eigenvalue weighted by Crippen LogP contribution is 2.15. The largest absolute Gasteiger partial charge is 0.275 e. The molecule has 0 bridgehead atoms. The fourth-order valence-electron chi connectivity index (χ4n) is 2.02. The number of amides is 2. The summed E-state index contributed by atoms with van der Waals surface area (Å²) in [6, 6.07) is 5.94. The number of imide groups is 1. The first kappa shape index (κ1) is 14.6. The second-order valence-electron chi connectivity index (χ2n) is 4.66. The number of carbonyl (C=O) groups is 2. The molecule has 1 aliphatic heterocycles. The molecule has 21 heavy (non-hydrogen) atoms. The molecule has 0 spiro atoms. The van der Waals surface area contributed by atoms with E-state index in [-0.39, 0.29) is 11.6 Å². The molecule has 2 rings (SSSR count). The van der Waals surface area contributed by atoms with Gasteiger partial charge in [0.05, 0.1) is 4.92 Å². The van der Waals surface area contributed by atoms with Crippen LogP contribution in [0.5, 0.6) is 0 Å². The average Bonchev–Trinajstić information content (AvgIpc) is 2.48. The lowest BCUT2D eigenvalue weighted by Crippen LogP contribution is -2.39. The predicted octanol–water partition coefficient (Wildman–Crippen LogP) is 2.31. The van der Waals surface area contributed by atoms with Crippen LogP contribution in [0.1, 0.15) is 18.9 Å². The van der Waals surface area contributed by atoms with E-state index in [2.05, 4.69) is 0 Å². The monoisotopic (exact) mass is 286 g/mol. The highest BCUT2D eigenvalue weighted by atomic mass is 16.6. The number of nitrogens with zero attached hydrogens (tertiary/aromatic N) is 2. The number of nitro groups is 1. The summed E-state index contributed by atoms with van der Waals surface area (Å²) >= 11 is 0. The third kappa shape index (κ3) is 3.42. The number of carbonyl (C=O) groups excluding carboxylic acids is 2. The quantitative estimate of drug-likeness (QED) is 0.485. The highest BCUT2D eigenvalue weighted by Gasteiger charge is 2.23. The third-order valence-corrected chi connectivity index (χ3v) is 3.15. The van der Waals surface area contributed by atoms with Gasteiger partial charge in [-0.3, -0.25) is 24.6 Å². The van der Waals surface area contributed by atoms with Gasteiger partial charge < -0.3 is 0 Å². The van der Waals surface area contributed by atoms with E-state index in [4.69, 9.17) is 0 Å². The van der Waals surface area contributed by atoms with Crippen LogP contribution in [0.25, 0.3) is 6.08 Å². The molecule has 1 heterocycles. The van der Waals surface area contributed by atoms with Crippen molar-refractivity contribution in [2.75, 3.05) is 6.54 Å². The van der Waals surface area contributed by atoms with Gasteiger partial charge in [-0.2, -0.15) is 0 Å². The molecule has 0 aliphatic carbocycles.